The average Bonchev–Trinajstić information content (AvgIpc) is 2.52. The molecule has 2 rings (SSSR count). The normalized spacial score (nSPS) is 10.7. The van der Waals surface area contributed by atoms with Crippen molar-refractivity contribution in [2.45, 2.75) is 33.1 Å². The fraction of sp³-hybridized carbons (Fsp3) is 0.278. The van der Waals surface area contributed by atoms with Crippen LogP contribution in [0.3, 0.4) is 0 Å². The molecule has 0 radical (unpaired) electrons. The topological polar surface area (TPSA) is 38.3 Å². The van der Waals surface area contributed by atoms with Gasteiger partial charge in [0, 0.05) is 15.7 Å². The maximum Gasteiger partial charge on any atom is 0.251 e. The highest BCUT2D eigenvalue weighted by molar-refractivity contribution is 14.1. The molecule has 1 amide bonds. The molecule has 0 aliphatic carbocycles. The molecule has 0 spiro atoms. The number of ether oxygens (including phenoxy) is 1. The van der Waals surface area contributed by atoms with E-state index in [9.17, 15) is 4.79 Å². The van der Waals surface area contributed by atoms with Gasteiger partial charge in [-0.05, 0) is 71.8 Å². The second-order valence-corrected chi connectivity index (χ2v) is 6.56. The second-order valence-electron chi connectivity index (χ2n) is 5.32. The van der Waals surface area contributed by atoms with E-state index >= 15 is 0 Å². The molecule has 0 aliphatic rings. The van der Waals surface area contributed by atoms with E-state index < -0.39 is 0 Å². The molecule has 0 aliphatic heterocycles. The number of carbonyl (C=O) groups is 1. The van der Waals surface area contributed by atoms with Gasteiger partial charge >= 0.3 is 0 Å². The summed E-state index contributed by atoms with van der Waals surface area (Å²) in [4.78, 5) is 12.2. The molecule has 4 heteroatoms. The molecule has 2 aromatic rings. The summed E-state index contributed by atoms with van der Waals surface area (Å²) in [6.45, 7) is 5.10. The Kier molecular flexibility index (Phi) is 6.39. The van der Waals surface area contributed by atoms with Gasteiger partial charge < -0.3 is 10.1 Å². The van der Waals surface area contributed by atoms with Gasteiger partial charge in [0.25, 0.3) is 5.91 Å². The van der Waals surface area contributed by atoms with Crippen molar-refractivity contribution >= 4 is 28.5 Å². The van der Waals surface area contributed by atoms with E-state index in [1.165, 1.54) is 0 Å². The Balaban J connectivity index is 1.99. The summed E-state index contributed by atoms with van der Waals surface area (Å²) < 4.78 is 6.78. The van der Waals surface area contributed by atoms with Crippen LogP contribution >= 0.6 is 22.6 Å². The maximum atomic E-state index is 12.2. The van der Waals surface area contributed by atoms with Crippen LogP contribution in [0.4, 0.5) is 0 Å². The Labute approximate surface area is 145 Å². The van der Waals surface area contributed by atoms with Crippen molar-refractivity contribution in [1.82, 2.24) is 5.32 Å². The summed E-state index contributed by atoms with van der Waals surface area (Å²) in [6.07, 6.45) is 0.189. The minimum absolute atomic E-state index is 0.0593. The van der Waals surface area contributed by atoms with E-state index in [2.05, 4.69) is 27.9 Å². The third-order valence-corrected chi connectivity index (χ3v) is 3.96. The van der Waals surface area contributed by atoms with E-state index in [1.54, 1.807) is 0 Å². The van der Waals surface area contributed by atoms with Gasteiger partial charge in [0.15, 0.2) is 0 Å². The van der Waals surface area contributed by atoms with Gasteiger partial charge in [-0.3, -0.25) is 4.79 Å². The van der Waals surface area contributed by atoms with Crippen LogP contribution in [0, 0.1) is 3.57 Å². The molecule has 0 heterocycles. The third kappa shape index (κ3) is 5.10. The Morgan fingerprint density at radius 1 is 1.09 bits per heavy atom. The van der Waals surface area contributed by atoms with Crippen molar-refractivity contribution in [3.8, 4) is 0 Å². The standard InChI is InChI=1S/C18H20INO2/c1-13(2)22-12-16-6-4-3-5-15(16)11-20-18(21)14-7-9-17(19)10-8-14/h3-10,13H,11-12H2,1-2H3,(H,20,21). The smallest absolute Gasteiger partial charge is 0.251 e. The zero-order valence-corrected chi connectivity index (χ0v) is 15.0. The molecule has 0 atom stereocenters. The molecule has 1 N–H and O–H groups in total. The average molecular weight is 409 g/mol. The van der Waals surface area contributed by atoms with E-state index in [0.29, 0.717) is 18.7 Å². The van der Waals surface area contributed by atoms with Crippen molar-refractivity contribution in [1.29, 1.82) is 0 Å². The summed E-state index contributed by atoms with van der Waals surface area (Å²) in [7, 11) is 0. The lowest BCUT2D eigenvalue weighted by molar-refractivity contribution is 0.0651. The first-order chi connectivity index (χ1) is 10.6. The van der Waals surface area contributed by atoms with Crippen molar-refractivity contribution < 1.29 is 9.53 Å². The van der Waals surface area contributed by atoms with Gasteiger partial charge in [-0.15, -0.1) is 0 Å². The number of amides is 1. The van der Waals surface area contributed by atoms with Gasteiger partial charge in [-0.25, -0.2) is 0 Å². The van der Waals surface area contributed by atoms with Gasteiger partial charge in [0.1, 0.15) is 0 Å². The third-order valence-electron chi connectivity index (χ3n) is 3.24. The molecule has 0 bridgehead atoms. The molecular formula is C18H20INO2. The van der Waals surface area contributed by atoms with Crippen LogP contribution in [0.25, 0.3) is 0 Å². The van der Waals surface area contributed by atoms with Crippen LogP contribution in [0.2, 0.25) is 0 Å². The SMILES string of the molecule is CC(C)OCc1ccccc1CNC(=O)c1ccc(I)cc1. The van der Waals surface area contributed by atoms with Crippen LogP contribution < -0.4 is 5.32 Å². The molecule has 22 heavy (non-hydrogen) atoms. The molecule has 2 aromatic carbocycles. The molecule has 0 unspecified atom stereocenters. The molecule has 116 valence electrons. The summed E-state index contributed by atoms with van der Waals surface area (Å²) in [5.74, 6) is -0.0593. The Bertz CT molecular complexity index is 623. The number of hydrogen-bond acceptors (Lipinski definition) is 2. The van der Waals surface area contributed by atoms with E-state index in [4.69, 9.17) is 4.74 Å². The van der Waals surface area contributed by atoms with E-state index in [-0.39, 0.29) is 12.0 Å². The van der Waals surface area contributed by atoms with Crippen LogP contribution in [0.5, 0.6) is 0 Å². The Morgan fingerprint density at radius 2 is 1.73 bits per heavy atom. The fourth-order valence-electron chi connectivity index (χ4n) is 2.01. The lowest BCUT2D eigenvalue weighted by Gasteiger charge is -2.13. The summed E-state index contributed by atoms with van der Waals surface area (Å²) in [5, 5.41) is 2.97. The predicted octanol–water partition coefficient (Wildman–Crippen LogP) is 4.15. The van der Waals surface area contributed by atoms with Crippen LogP contribution in [0.15, 0.2) is 48.5 Å². The summed E-state index contributed by atoms with van der Waals surface area (Å²) in [5.41, 5.74) is 2.87. The van der Waals surface area contributed by atoms with Gasteiger partial charge in [-0.2, -0.15) is 0 Å². The zero-order valence-electron chi connectivity index (χ0n) is 12.8. The van der Waals surface area contributed by atoms with Gasteiger partial charge in [0.05, 0.1) is 12.7 Å². The second kappa shape index (κ2) is 8.29. The number of nitrogens with one attached hydrogen (secondary N) is 1. The highest BCUT2D eigenvalue weighted by Gasteiger charge is 2.07. The van der Waals surface area contributed by atoms with Crippen molar-refractivity contribution in [2.24, 2.45) is 0 Å². The molecule has 0 saturated heterocycles. The number of carbonyl (C=O) groups excluding carboxylic acids is 1. The van der Waals surface area contributed by atoms with Gasteiger partial charge in [0.2, 0.25) is 0 Å². The predicted molar refractivity (Wildman–Crippen MR) is 96.7 cm³/mol. The maximum absolute atomic E-state index is 12.2. The first-order valence-corrected chi connectivity index (χ1v) is 8.36. The van der Waals surface area contributed by atoms with E-state index in [0.717, 1.165) is 14.7 Å². The number of rotatable bonds is 6. The highest BCUT2D eigenvalue weighted by Crippen LogP contribution is 2.12. The summed E-state index contributed by atoms with van der Waals surface area (Å²) in [6, 6.07) is 15.6. The van der Waals surface area contributed by atoms with Crippen molar-refractivity contribution in [2.75, 3.05) is 0 Å². The monoisotopic (exact) mass is 409 g/mol. The number of benzene rings is 2. The Morgan fingerprint density at radius 3 is 2.36 bits per heavy atom. The van der Waals surface area contributed by atoms with Crippen LogP contribution in [0.1, 0.15) is 35.3 Å². The lowest BCUT2D eigenvalue weighted by atomic mass is 10.1. The molecule has 0 saturated carbocycles. The summed E-state index contributed by atoms with van der Waals surface area (Å²) >= 11 is 2.22. The lowest BCUT2D eigenvalue weighted by Crippen LogP contribution is -2.23. The van der Waals surface area contributed by atoms with Crippen LogP contribution in [-0.4, -0.2) is 12.0 Å². The number of hydrogen-bond donors (Lipinski definition) is 1. The highest BCUT2D eigenvalue weighted by atomic mass is 127. The molecular weight excluding hydrogens is 389 g/mol. The minimum atomic E-state index is -0.0593. The minimum Gasteiger partial charge on any atom is -0.374 e. The Hall–Kier alpha value is -1.40. The van der Waals surface area contributed by atoms with E-state index in [1.807, 2.05) is 62.4 Å². The largest absolute Gasteiger partial charge is 0.374 e. The first kappa shape index (κ1) is 17.0. The molecule has 0 fully saturated rings. The number of halogens is 1. The first-order valence-electron chi connectivity index (χ1n) is 7.28. The van der Waals surface area contributed by atoms with Crippen molar-refractivity contribution in [3.63, 3.8) is 0 Å². The fourth-order valence-corrected chi connectivity index (χ4v) is 2.37. The molecule has 0 aromatic heterocycles. The quantitative estimate of drug-likeness (QED) is 0.729. The van der Waals surface area contributed by atoms with Crippen molar-refractivity contribution in [3.05, 3.63) is 68.8 Å². The zero-order chi connectivity index (χ0) is 15.9. The molecule has 3 nitrogen and oxygen atoms in total. The van der Waals surface area contributed by atoms with Gasteiger partial charge in [-0.1, -0.05) is 24.3 Å². The van der Waals surface area contributed by atoms with Crippen LogP contribution in [-0.2, 0) is 17.9 Å².